The van der Waals surface area contributed by atoms with Crippen LogP contribution in [0.25, 0.3) is 11.0 Å². The maximum atomic E-state index is 12.6. The molecule has 0 aliphatic heterocycles. The number of nitrogens with zero attached hydrogens (tertiary/aromatic N) is 2. The van der Waals surface area contributed by atoms with Gasteiger partial charge in [-0.05, 0) is 12.1 Å². The smallest absolute Gasteiger partial charge is 1.00 e. The number of rotatable bonds is 7. The minimum atomic E-state index is -2.92. The summed E-state index contributed by atoms with van der Waals surface area (Å²) in [5, 5.41) is 0.195. The number of H-pyrrole nitrogens is 1. The van der Waals surface area contributed by atoms with Gasteiger partial charge >= 0.3 is 29.7 Å². The molecule has 11 heteroatoms. The Balaban J connectivity index is 0.00000261. The van der Waals surface area contributed by atoms with Gasteiger partial charge < -0.3 is 22.0 Å². The number of halogens is 2. The minimum Gasteiger partial charge on any atom is -1.00 e. The molecule has 7 nitrogen and oxygen atoms in total. The fourth-order valence-corrected chi connectivity index (χ4v) is 3.41. The van der Waals surface area contributed by atoms with Crippen LogP contribution in [0, 0.1) is 0 Å². The van der Waals surface area contributed by atoms with E-state index in [4.69, 9.17) is 9.47 Å². The van der Waals surface area contributed by atoms with Crippen LogP contribution in [0.5, 0.6) is 17.2 Å². The van der Waals surface area contributed by atoms with E-state index in [1.54, 1.807) is 6.07 Å². The van der Waals surface area contributed by atoms with E-state index in [1.165, 1.54) is 38.6 Å². The number of benzene rings is 1. The Morgan fingerprint density at radius 2 is 2.04 bits per heavy atom. The molecule has 3 aromatic rings. The standard InChI is InChI=1S/C16H15F2N3O4S.Mg.2H/c1-23-13-5-6-19-12(14(13)24-2)8-26(22)16-20-10-4-3-9(25-15(17)18)7-11(10)21-16;;;/h3-7,15H,8H2,1-2H3,(H,20,21);;;/q;+2;2*-1. The second-order valence-corrected chi connectivity index (χ2v) is 6.45. The average molecular weight is 410 g/mol. The summed E-state index contributed by atoms with van der Waals surface area (Å²) < 4.78 is 52.1. The van der Waals surface area contributed by atoms with E-state index in [-0.39, 0.29) is 42.6 Å². The van der Waals surface area contributed by atoms with Gasteiger partial charge in [-0.15, -0.1) is 0 Å². The van der Waals surface area contributed by atoms with E-state index in [9.17, 15) is 13.0 Å². The number of aromatic amines is 1. The Bertz CT molecular complexity index is 965. The van der Waals surface area contributed by atoms with Crippen LogP contribution in [0.2, 0.25) is 0 Å². The molecule has 27 heavy (non-hydrogen) atoms. The SMILES string of the molecule is COc1ccnc(CS(=O)c2nc3ccc(OC(F)F)cc3[nH]2)c1OC.[H-].[H-].[Mg+2]. The monoisotopic (exact) mass is 409 g/mol. The summed E-state index contributed by atoms with van der Waals surface area (Å²) in [5.41, 5.74) is 1.38. The van der Waals surface area contributed by atoms with Crippen molar-refractivity contribution in [3.63, 3.8) is 0 Å². The van der Waals surface area contributed by atoms with E-state index >= 15 is 0 Å². The van der Waals surface area contributed by atoms with Crippen LogP contribution in [-0.4, -0.2) is 63.0 Å². The maximum Gasteiger partial charge on any atom is 2.00 e. The Morgan fingerprint density at radius 3 is 2.70 bits per heavy atom. The van der Waals surface area contributed by atoms with Crippen molar-refractivity contribution in [1.82, 2.24) is 15.0 Å². The summed E-state index contributed by atoms with van der Waals surface area (Å²) in [5.74, 6) is 0.908. The molecular formula is C16H17F2MgN3O4S. The third-order valence-corrected chi connectivity index (χ3v) is 4.67. The molecule has 142 valence electrons. The zero-order chi connectivity index (χ0) is 18.7. The molecule has 1 unspecified atom stereocenters. The van der Waals surface area contributed by atoms with Crippen molar-refractivity contribution < 1.29 is 30.1 Å². The van der Waals surface area contributed by atoms with Crippen LogP contribution >= 0.6 is 0 Å². The molecule has 0 radical (unpaired) electrons. The van der Waals surface area contributed by atoms with Crippen LogP contribution in [0.4, 0.5) is 8.78 Å². The Morgan fingerprint density at radius 1 is 1.26 bits per heavy atom. The van der Waals surface area contributed by atoms with E-state index in [0.29, 0.717) is 28.2 Å². The Labute approximate surface area is 175 Å². The number of aromatic nitrogens is 3. The normalized spacial score (nSPS) is 11.9. The van der Waals surface area contributed by atoms with Gasteiger partial charge in [0.15, 0.2) is 16.7 Å². The molecule has 1 atom stereocenters. The Kier molecular flexibility index (Phi) is 7.33. The van der Waals surface area contributed by atoms with Crippen molar-refractivity contribution in [3.8, 4) is 17.2 Å². The molecule has 2 aromatic heterocycles. The fraction of sp³-hybridized carbons (Fsp3) is 0.250. The van der Waals surface area contributed by atoms with Crippen molar-refractivity contribution >= 4 is 44.9 Å². The second-order valence-electron chi connectivity index (χ2n) is 5.08. The van der Waals surface area contributed by atoms with E-state index in [2.05, 4.69) is 19.7 Å². The topological polar surface area (TPSA) is 86.3 Å². The number of methoxy groups -OCH3 is 2. The van der Waals surface area contributed by atoms with Crippen molar-refractivity contribution in [2.24, 2.45) is 0 Å². The van der Waals surface area contributed by atoms with E-state index in [0.717, 1.165) is 0 Å². The number of fused-ring (bicyclic) bond motifs is 1. The van der Waals surface area contributed by atoms with Gasteiger partial charge in [-0.2, -0.15) is 8.78 Å². The van der Waals surface area contributed by atoms with Gasteiger partial charge in [0.2, 0.25) is 0 Å². The number of hydrogen-bond acceptors (Lipinski definition) is 6. The first-order valence-corrected chi connectivity index (χ1v) is 8.72. The van der Waals surface area contributed by atoms with Crippen LogP contribution in [0.1, 0.15) is 8.55 Å². The molecule has 0 fully saturated rings. The van der Waals surface area contributed by atoms with Gasteiger partial charge in [0.25, 0.3) is 0 Å². The number of ether oxygens (including phenoxy) is 3. The predicted octanol–water partition coefficient (Wildman–Crippen LogP) is 2.73. The quantitative estimate of drug-likeness (QED) is 0.604. The third-order valence-electron chi connectivity index (χ3n) is 3.51. The molecule has 0 spiro atoms. The summed E-state index contributed by atoms with van der Waals surface area (Å²) in [6.07, 6.45) is 1.53. The molecule has 2 heterocycles. The molecule has 0 aliphatic carbocycles. The van der Waals surface area contributed by atoms with Gasteiger partial charge in [-0.25, -0.2) is 4.98 Å². The van der Waals surface area contributed by atoms with Crippen LogP contribution in [0.3, 0.4) is 0 Å². The van der Waals surface area contributed by atoms with Crippen LogP contribution in [-0.2, 0) is 16.6 Å². The zero-order valence-corrected chi connectivity index (χ0v) is 16.8. The summed E-state index contributed by atoms with van der Waals surface area (Å²) in [4.78, 5) is 11.3. The molecule has 0 amide bonds. The second kappa shape index (κ2) is 9.29. The van der Waals surface area contributed by atoms with Gasteiger partial charge in [-0.1, -0.05) is 0 Å². The molecule has 3 rings (SSSR count). The molecule has 1 N–H and O–H groups in total. The van der Waals surface area contributed by atoms with Crippen molar-refractivity contribution in [2.75, 3.05) is 14.2 Å². The maximum absolute atomic E-state index is 12.6. The van der Waals surface area contributed by atoms with Crippen molar-refractivity contribution in [2.45, 2.75) is 17.5 Å². The first-order chi connectivity index (χ1) is 12.5. The Hall–Kier alpha value is -1.98. The summed E-state index contributed by atoms with van der Waals surface area (Å²) in [6.45, 7) is -2.92. The molecule has 0 saturated heterocycles. The predicted molar refractivity (Wildman–Crippen MR) is 98.2 cm³/mol. The minimum absolute atomic E-state index is 0. The fourth-order valence-electron chi connectivity index (χ4n) is 2.40. The molecular weight excluding hydrogens is 393 g/mol. The first kappa shape index (κ1) is 21.3. The summed E-state index contributed by atoms with van der Waals surface area (Å²) >= 11 is 0. The number of nitrogens with one attached hydrogen (secondary N) is 1. The molecule has 0 saturated carbocycles. The number of pyridine rings is 1. The van der Waals surface area contributed by atoms with Gasteiger partial charge in [0, 0.05) is 18.3 Å². The van der Waals surface area contributed by atoms with Gasteiger partial charge in [0.05, 0.1) is 47.5 Å². The van der Waals surface area contributed by atoms with Crippen molar-refractivity contribution in [1.29, 1.82) is 0 Å². The summed E-state index contributed by atoms with van der Waals surface area (Å²) in [6, 6.07) is 5.89. The van der Waals surface area contributed by atoms with Crippen LogP contribution in [0.15, 0.2) is 35.6 Å². The van der Waals surface area contributed by atoms with Gasteiger partial charge in [-0.3, -0.25) is 9.19 Å². The number of imidazole rings is 1. The van der Waals surface area contributed by atoms with E-state index < -0.39 is 17.4 Å². The number of alkyl halides is 2. The first-order valence-electron chi connectivity index (χ1n) is 7.40. The van der Waals surface area contributed by atoms with Crippen molar-refractivity contribution in [3.05, 3.63) is 36.2 Å². The van der Waals surface area contributed by atoms with Gasteiger partial charge in [0.1, 0.15) is 5.75 Å². The molecule has 0 aliphatic rings. The largest absolute Gasteiger partial charge is 2.00 e. The molecule has 0 bridgehead atoms. The summed E-state index contributed by atoms with van der Waals surface area (Å²) in [7, 11) is 1.41. The average Bonchev–Trinajstić information content (AvgIpc) is 3.04. The third kappa shape index (κ3) is 4.85. The van der Waals surface area contributed by atoms with E-state index in [1.807, 2.05) is 0 Å². The number of hydrogen-bond donors (Lipinski definition) is 1. The zero-order valence-electron chi connectivity index (χ0n) is 16.6. The molecule has 1 aromatic carbocycles. The van der Waals surface area contributed by atoms with Crippen LogP contribution < -0.4 is 14.2 Å².